The summed E-state index contributed by atoms with van der Waals surface area (Å²) >= 11 is 0. The van der Waals surface area contributed by atoms with E-state index in [9.17, 15) is 14.3 Å². The Morgan fingerprint density at radius 2 is 2.28 bits per heavy atom. The molecule has 1 aliphatic rings. The number of hydrogen-bond acceptors (Lipinski definition) is 3. The normalized spacial score (nSPS) is 23.0. The first-order chi connectivity index (χ1) is 8.59. The summed E-state index contributed by atoms with van der Waals surface area (Å²) in [7, 11) is 0. The van der Waals surface area contributed by atoms with Crippen molar-refractivity contribution in [2.45, 2.75) is 25.3 Å². The Hall–Kier alpha value is -1.62. The Morgan fingerprint density at radius 1 is 1.50 bits per heavy atom. The fourth-order valence-corrected chi connectivity index (χ4v) is 2.37. The number of amides is 1. The molecule has 4 N–H and O–H groups in total. The van der Waals surface area contributed by atoms with E-state index in [-0.39, 0.29) is 23.3 Å². The SMILES string of the molecule is NC1CCCC1CNC(=O)c1c(O)cccc1F. The first-order valence-corrected chi connectivity index (χ1v) is 6.11. The Kier molecular flexibility index (Phi) is 3.81. The number of phenolic OH excluding ortho intramolecular Hbond substituents is 1. The standard InChI is InChI=1S/C13H17FN2O2/c14-9-4-2-6-11(17)12(9)13(18)16-7-8-3-1-5-10(8)15/h2,4,6,8,10,17H,1,3,5,7,15H2,(H,16,18). The highest BCUT2D eigenvalue weighted by atomic mass is 19.1. The van der Waals surface area contributed by atoms with E-state index in [1.54, 1.807) is 0 Å². The lowest BCUT2D eigenvalue weighted by atomic mass is 10.0. The highest BCUT2D eigenvalue weighted by molar-refractivity contribution is 5.97. The van der Waals surface area contributed by atoms with Gasteiger partial charge in [0.1, 0.15) is 17.1 Å². The number of aromatic hydroxyl groups is 1. The number of halogens is 1. The quantitative estimate of drug-likeness (QED) is 0.761. The average Bonchev–Trinajstić information content (AvgIpc) is 2.72. The molecular weight excluding hydrogens is 235 g/mol. The van der Waals surface area contributed by atoms with Crippen LogP contribution in [-0.2, 0) is 0 Å². The number of nitrogens with two attached hydrogens (primary N) is 1. The molecule has 1 aromatic carbocycles. The lowest BCUT2D eigenvalue weighted by Crippen LogP contribution is -2.36. The zero-order valence-electron chi connectivity index (χ0n) is 10.0. The summed E-state index contributed by atoms with van der Waals surface area (Å²) < 4.78 is 13.4. The summed E-state index contributed by atoms with van der Waals surface area (Å²) in [5, 5.41) is 12.1. The summed E-state index contributed by atoms with van der Waals surface area (Å²) in [6.45, 7) is 0.424. The van der Waals surface area contributed by atoms with Crippen molar-refractivity contribution in [1.82, 2.24) is 5.32 Å². The molecule has 1 aromatic rings. The summed E-state index contributed by atoms with van der Waals surface area (Å²) in [5.74, 6) is -1.42. The van der Waals surface area contributed by atoms with Crippen molar-refractivity contribution >= 4 is 5.91 Å². The predicted molar refractivity (Wildman–Crippen MR) is 65.7 cm³/mol. The molecule has 0 spiro atoms. The topological polar surface area (TPSA) is 75.3 Å². The Balaban J connectivity index is 1.99. The fourth-order valence-electron chi connectivity index (χ4n) is 2.37. The minimum Gasteiger partial charge on any atom is -0.507 e. The Bertz CT molecular complexity index is 430. The molecular formula is C13H17FN2O2. The van der Waals surface area contributed by atoms with Crippen molar-refractivity contribution in [2.24, 2.45) is 11.7 Å². The first-order valence-electron chi connectivity index (χ1n) is 6.11. The van der Waals surface area contributed by atoms with Gasteiger partial charge in [0.15, 0.2) is 0 Å². The van der Waals surface area contributed by atoms with Crippen LogP contribution < -0.4 is 11.1 Å². The number of nitrogens with one attached hydrogen (secondary N) is 1. The molecule has 18 heavy (non-hydrogen) atoms. The van der Waals surface area contributed by atoms with Gasteiger partial charge >= 0.3 is 0 Å². The Labute approximate surface area is 105 Å². The molecule has 1 aliphatic carbocycles. The maximum atomic E-state index is 13.4. The fraction of sp³-hybridized carbons (Fsp3) is 0.462. The maximum Gasteiger partial charge on any atom is 0.258 e. The van der Waals surface area contributed by atoms with Crippen LogP contribution in [0.3, 0.4) is 0 Å². The van der Waals surface area contributed by atoms with E-state index in [1.165, 1.54) is 12.1 Å². The van der Waals surface area contributed by atoms with Gasteiger partial charge in [-0.3, -0.25) is 4.79 Å². The molecule has 0 aromatic heterocycles. The van der Waals surface area contributed by atoms with Crippen molar-refractivity contribution in [2.75, 3.05) is 6.54 Å². The zero-order chi connectivity index (χ0) is 13.1. The lowest BCUT2D eigenvalue weighted by Gasteiger charge is -2.16. The molecule has 0 radical (unpaired) electrons. The third-order valence-electron chi connectivity index (χ3n) is 3.46. The van der Waals surface area contributed by atoms with Gasteiger partial charge in [-0.2, -0.15) is 0 Å². The van der Waals surface area contributed by atoms with E-state index >= 15 is 0 Å². The number of carbonyl (C=O) groups is 1. The molecule has 0 aliphatic heterocycles. The smallest absolute Gasteiger partial charge is 0.258 e. The second kappa shape index (κ2) is 5.35. The maximum absolute atomic E-state index is 13.4. The van der Waals surface area contributed by atoms with Crippen molar-refractivity contribution < 1.29 is 14.3 Å². The van der Waals surface area contributed by atoms with E-state index in [0.717, 1.165) is 25.3 Å². The van der Waals surface area contributed by atoms with Crippen LogP contribution in [-0.4, -0.2) is 23.6 Å². The van der Waals surface area contributed by atoms with Gasteiger partial charge in [-0.05, 0) is 30.9 Å². The minimum absolute atomic E-state index is 0.0968. The third-order valence-corrected chi connectivity index (χ3v) is 3.46. The number of carbonyl (C=O) groups excluding carboxylic acids is 1. The van der Waals surface area contributed by atoms with Crippen molar-refractivity contribution in [1.29, 1.82) is 0 Å². The van der Waals surface area contributed by atoms with Crippen LogP contribution in [0.1, 0.15) is 29.6 Å². The molecule has 2 atom stereocenters. The van der Waals surface area contributed by atoms with Gasteiger partial charge in [-0.15, -0.1) is 0 Å². The van der Waals surface area contributed by atoms with Gasteiger partial charge in [-0.1, -0.05) is 12.5 Å². The van der Waals surface area contributed by atoms with E-state index in [0.29, 0.717) is 6.54 Å². The Morgan fingerprint density at radius 3 is 2.89 bits per heavy atom. The largest absolute Gasteiger partial charge is 0.507 e. The molecule has 0 bridgehead atoms. The van der Waals surface area contributed by atoms with Gasteiger partial charge < -0.3 is 16.2 Å². The highest BCUT2D eigenvalue weighted by Crippen LogP contribution is 2.24. The molecule has 0 heterocycles. The molecule has 2 rings (SSSR count). The van der Waals surface area contributed by atoms with Crippen LogP contribution in [0, 0.1) is 11.7 Å². The lowest BCUT2D eigenvalue weighted by molar-refractivity contribution is 0.0939. The van der Waals surface area contributed by atoms with Gasteiger partial charge in [-0.25, -0.2) is 4.39 Å². The van der Waals surface area contributed by atoms with Crippen LogP contribution >= 0.6 is 0 Å². The van der Waals surface area contributed by atoms with Crippen LogP contribution in [0.25, 0.3) is 0 Å². The van der Waals surface area contributed by atoms with E-state index in [2.05, 4.69) is 5.32 Å². The van der Waals surface area contributed by atoms with E-state index in [4.69, 9.17) is 5.73 Å². The van der Waals surface area contributed by atoms with Crippen molar-refractivity contribution in [3.05, 3.63) is 29.6 Å². The molecule has 4 nitrogen and oxygen atoms in total. The van der Waals surface area contributed by atoms with Gasteiger partial charge in [0, 0.05) is 12.6 Å². The van der Waals surface area contributed by atoms with Crippen LogP contribution in [0.2, 0.25) is 0 Å². The third kappa shape index (κ3) is 2.61. The molecule has 0 saturated heterocycles. The monoisotopic (exact) mass is 252 g/mol. The molecule has 1 amide bonds. The summed E-state index contributed by atoms with van der Waals surface area (Å²) in [6.07, 6.45) is 3.00. The predicted octanol–water partition coefficient (Wildman–Crippen LogP) is 1.39. The second-order valence-corrected chi connectivity index (χ2v) is 4.70. The van der Waals surface area contributed by atoms with Gasteiger partial charge in [0.05, 0.1) is 0 Å². The number of rotatable bonds is 3. The van der Waals surface area contributed by atoms with Crippen molar-refractivity contribution in [3.63, 3.8) is 0 Å². The van der Waals surface area contributed by atoms with Gasteiger partial charge in [0.2, 0.25) is 0 Å². The number of phenols is 1. The highest BCUT2D eigenvalue weighted by Gasteiger charge is 2.25. The number of benzene rings is 1. The molecule has 1 saturated carbocycles. The van der Waals surface area contributed by atoms with Crippen LogP contribution in [0.5, 0.6) is 5.75 Å². The summed E-state index contributed by atoms with van der Waals surface area (Å²) in [4.78, 5) is 11.8. The zero-order valence-corrected chi connectivity index (χ0v) is 10.0. The molecule has 2 unspecified atom stereocenters. The summed E-state index contributed by atoms with van der Waals surface area (Å²) in [5.41, 5.74) is 5.59. The van der Waals surface area contributed by atoms with Crippen LogP contribution in [0.4, 0.5) is 4.39 Å². The summed E-state index contributed by atoms with van der Waals surface area (Å²) in [6, 6.07) is 3.89. The minimum atomic E-state index is -0.719. The molecule has 98 valence electrons. The average molecular weight is 252 g/mol. The van der Waals surface area contributed by atoms with E-state index in [1.807, 2.05) is 0 Å². The number of hydrogen-bond donors (Lipinski definition) is 3. The van der Waals surface area contributed by atoms with Crippen molar-refractivity contribution in [3.8, 4) is 5.75 Å². The molecule has 1 fully saturated rings. The molecule has 5 heteroatoms. The first kappa shape index (κ1) is 12.8. The van der Waals surface area contributed by atoms with E-state index < -0.39 is 11.7 Å². The second-order valence-electron chi connectivity index (χ2n) is 4.70. The van der Waals surface area contributed by atoms with Gasteiger partial charge in [0.25, 0.3) is 5.91 Å². The van der Waals surface area contributed by atoms with Crippen LogP contribution in [0.15, 0.2) is 18.2 Å².